The lowest BCUT2D eigenvalue weighted by molar-refractivity contribution is 0.591. The van der Waals surface area contributed by atoms with Gasteiger partial charge in [-0.1, -0.05) is 11.3 Å². The molecule has 0 saturated heterocycles. The van der Waals surface area contributed by atoms with E-state index >= 15 is 0 Å². The molecule has 0 spiro atoms. The van der Waals surface area contributed by atoms with Gasteiger partial charge in [0, 0.05) is 17.0 Å². The summed E-state index contributed by atoms with van der Waals surface area (Å²) in [7, 11) is -2.93. The van der Waals surface area contributed by atoms with E-state index in [0.29, 0.717) is 11.3 Å². The average Bonchev–Trinajstić information content (AvgIpc) is 2.26. The van der Waals surface area contributed by atoms with Crippen LogP contribution in [0, 0.1) is 0 Å². The van der Waals surface area contributed by atoms with Crippen LogP contribution in [0.15, 0.2) is 4.79 Å². The van der Waals surface area contributed by atoms with Crippen molar-refractivity contribution in [1.82, 2.24) is 4.98 Å². The van der Waals surface area contributed by atoms with Gasteiger partial charge in [0.1, 0.15) is 0 Å². The zero-order valence-electron chi connectivity index (χ0n) is 6.16. The van der Waals surface area contributed by atoms with Crippen LogP contribution in [0.1, 0.15) is 10.6 Å². The summed E-state index contributed by atoms with van der Waals surface area (Å²) in [5, 5.41) is 0. The maximum absolute atomic E-state index is 11.1. The molecule has 66 valence electrons. The van der Waals surface area contributed by atoms with Crippen LogP contribution < -0.4 is 4.87 Å². The first-order valence-electron chi connectivity index (χ1n) is 3.48. The molecule has 2 rings (SSSR count). The smallest absolute Gasteiger partial charge is 0.304 e. The third kappa shape index (κ3) is 1.32. The second-order valence-electron chi connectivity index (χ2n) is 2.76. The van der Waals surface area contributed by atoms with Gasteiger partial charge in [-0.2, -0.15) is 0 Å². The average molecular weight is 205 g/mol. The number of hydrogen-bond acceptors (Lipinski definition) is 4. The molecular formula is C6H7NO3S2. The first kappa shape index (κ1) is 8.00. The molecule has 1 aromatic heterocycles. The number of fused-ring (bicyclic) bond motifs is 1. The predicted molar refractivity (Wildman–Crippen MR) is 46.1 cm³/mol. The Bertz CT molecular complexity index is 453. The van der Waals surface area contributed by atoms with Gasteiger partial charge < -0.3 is 4.98 Å². The number of hydrogen-bond donors (Lipinski definition) is 1. The van der Waals surface area contributed by atoms with Gasteiger partial charge in [-0.15, -0.1) is 0 Å². The monoisotopic (exact) mass is 205 g/mol. The number of H-pyrrole nitrogens is 1. The fraction of sp³-hybridized carbons (Fsp3) is 0.500. The molecule has 4 nitrogen and oxygen atoms in total. The maximum atomic E-state index is 11.1. The largest absolute Gasteiger partial charge is 0.316 e. The molecule has 0 radical (unpaired) electrons. The standard InChI is InChI=1S/C6H7NO3S2/c8-6-7-4-1-2-12(9,10)3-5(4)11-6/h1-3H2,(H,7,8). The van der Waals surface area contributed by atoms with E-state index in [9.17, 15) is 13.2 Å². The van der Waals surface area contributed by atoms with Crippen molar-refractivity contribution in [2.75, 3.05) is 5.75 Å². The van der Waals surface area contributed by atoms with E-state index in [4.69, 9.17) is 0 Å². The zero-order chi connectivity index (χ0) is 8.77. The van der Waals surface area contributed by atoms with Gasteiger partial charge in [-0.25, -0.2) is 8.42 Å². The molecule has 1 N–H and O–H groups in total. The van der Waals surface area contributed by atoms with Crippen molar-refractivity contribution in [3.05, 3.63) is 20.2 Å². The number of rotatable bonds is 0. The van der Waals surface area contributed by atoms with Crippen molar-refractivity contribution in [2.45, 2.75) is 12.2 Å². The Kier molecular flexibility index (Phi) is 1.62. The summed E-state index contributed by atoms with van der Waals surface area (Å²) in [6.07, 6.45) is 0.455. The maximum Gasteiger partial charge on any atom is 0.304 e. The summed E-state index contributed by atoms with van der Waals surface area (Å²) < 4.78 is 22.2. The van der Waals surface area contributed by atoms with Gasteiger partial charge in [0.15, 0.2) is 9.84 Å². The van der Waals surface area contributed by atoms with Gasteiger partial charge in [0.05, 0.1) is 11.5 Å². The molecule has 0 amide bonds. The fourth-order valence-electron chi connectivity index (χ4n) is 1.24. The fourth-order valence-corrected chi connectivity index (χ4v) is 3.92. The summed E-state index contributed by atoms with van der Waals surface area (Å²) >= 11 is 1.00. The molecule has 0 unspecified atom stereocenters. The Labute approximate surface area is 73.2 Å². The highest BCUT2D eigenvalue weighted by molar-refractivity contribution is 7.90. The van der Waals surface area contributed by atoms with Crippen LogP contribution in [0.4, 0.5) is 0 Å². The van der Waals surface area contributed by atoms with E-state index in [1.807, 2.05) is 0 Å². The highest BCUT2D eigenvalue weighted by Gasteiger charge is 2.23. The second kappa shape index (κ2) is 2.43. The number of aromatic amines is 1. The summed E-state index contributed by atoms with van der Waals surface area (Å²) in [5.74, 6) is 0.193. The van der Waals surface area contributed by atoms with E-state index in [1.165, 1.54) is 0 Å². The van der Waals surface area contributed by atoms with E-state index < -0.39 is 9.84 Å². The molecule has 0 bridgehead atoms. The van der Waals surface area contributed by atoms with Crippen LogP contribution in [0.25, 0.3) is 0 Å². The highest BCUT2D eigenvalue weighted by Crippen LogP contribution is 2.20. The minimum Gasteiger partial charge on any atom is -0.316 e. The molecule has 0 saturated carbocycles. The van der Waals surface area contributed by atoms with Crippen LogP contribution >= 0.6 is 11.3 Å². The van der Waals surface area contributed by atoms with Gasteiger partial charge in [0.25, 0.3) is 0 Å². The minimum absolute atomic E-state index is 0.0335. The summed E-state index contributed by atoms with van der Waals surface area (Å²) in [6.45, 7) is 0. The number of nitrogens with one attached hydrogen (secondary N) is 1. The predicted octanol–water partition coefficient (Wildman–Crippen LogP) is -0.0927. The van der Waals surface area contributed by atoms with Crippen molar-refractivity contribution in [3.63, 3.8) is 0 Å². The van der Waals surface area contributed by atoms with Crippen molar-refractivity contribution in [2.24, 2.45) is 0 Å². The first-order chi connectivity index (χ1) is 5.57. The summed E-state index contributed by atoms with van der Waals surface area (Å²) in [6, 6.07) is 0. The molecule has 0 aromatic carbocycles. The topological polar surface area (TPSA) is 67.0 Å². The third-order valence-electron chi connectivity index (χ3n) is 1.82. The Balaban J connectivity index is 2.54. The normalized spacial score (nSPS) is 20.3. The van der Waals surface area contributed by atoms with Gasteiger partial charge in [0.2, 0.25) is 0 Å². The lowest BCUT2D eigenvalue weighted by atomic mass is 10.3. The van der Waals surface area contributed by atoms with E-state index in [-0.39, 0.29) is 16.4 Å². The summed E-state index contributed by atoms with van der Waals surface area (Å²) in [4.78, 5) is 14.0. The molecule has 0 fully saturated rings. The van der Waals surface area contributed by atoms with Gasteiger partial charge in [-0.3, -0.25) is 4.79 Å². The molecular weight excluding hydrogens is 198 g/mol. The van der Waals surface area contributed by atoms with Crippen molar-refractivity contribution < 1.29 is 8.42 Å². The van der Waals surface area contributed by atoms with E-state index in [1.54, 1.807) is 0 Å². The molecule has 1 aliphatic rings. The first-order valence-corrected chi connectivity index (χ1v) is 6.12. The molecule has 12 heavy (non-hydrogen) atoms. The van der Waals surface area contributed by atoms with Gasteiger partial charge in [-0.05, 0) is 0 Å². The van der Waals surface area contributed by atoms with Crippen LogP contribution in [-0.2, 0) is 22.0 Å². The van der Waals surface area contributed by atoms with Crippen molar-refractivity contribution in [1.29, 1.82) is 0 Å². The molecule has 0 atom stereocenters. The number of thiazole rings is 1. The Morgan fingerprint density at radius 1 is 1.42 bits per heavy atom. The molecule has 0 aliphatic carbocycles. The minimum atomic E-state index is -2.93. The molecule has 6 heteroatoms. The van der Waals surface area contributed by atoms with Crippen molar-refractivity contribution >= 4 is 21.2 Å². The number of aromatic nitrogens is 1. The molecule has 2 heterocycles. The third-order valence-corrected chi connectivity index (χ3v) is 4.48. The highest BCUT2D eigenvalue weighted by atomic mass is 32.2. The molecule has 1 aliphatic heterocycles. The zero-order valence-corrected chi connectivity index (χ0v) is 7.80. The van der Waals surface area contributed by atoms with Crippen LogP contribution in [0.5, 0.6) is 0 Å². The number of sulfone groups is 1. The molecule has 1 aromatic rings. The van der Waals surface area contributed by atoms with Crippen LogP contribution in [0.3, 0.4) is 0 Å². The van der Waals surface area contributed by atoms with Crippen LogP contribution in [-0.4, -0.2) is 19.2 Å². The van der Waals surface area contributed by atoms with Crippen molar-refractivity contribution in [3.8, 4) is 0 Å². The Morgan fingerprint density at radius 2 is 2.17 bits per heavy atom. The van der Waals surface area contributed by atoms with Crippen LogP contribution in [0.2, 0.25) is 0 Å². The quantitative estimate of drug-likeness (QED) is 0.643. The Hall–Kier alpha value is -0.620. The SMILES string of the molecule is O=c1[nH]c2c(s1)CS(=O)(=O)CC2. The lowest BCUT2D eigenvalue weighted by Gasteiger charge is -2.09. The van der Waals surface area contributed by atoms with E-state index in [2.05, 4.69) is 4.98 Å². The van der Waals surface area contributed by atoms with E-state index in [0.717, 1.165) is 17.0 Å². The van der Waals surface area contributed by atoms with Gasteiger partial charge >= 0.3 is 4.87 Å². The Morgan fingerprint density at radius 3 is 2.92 bits per heavy atom. The summed E-state index contributed by atoms with van der Waals surface area (Å²) in [5.41, 5.74) is 0.805. The lowest BCUT2D eigenvalue weighted by Crippen LogP contribution is -2.17. The second-order valence-corrected chi connectivity index (χ2v) is 6.01. The number of aryl methyl sites for hydroxylation is 1.